The van der Waals surface area contributed by atoms with Gasteiger partial charge in [-0.15, -0.1) is 0 Å². The smallest absolute Gasteiger partial charge is 0.308 e. The molecule has 0 fully saturated rings. The Balaban J connectivity index is 2.17. The summed E-state index contributed by atoms with van der Waals surface area (Å²) in [4.78, 5) is 34.2. The van der Waals surface area contributed by atoms with E-state index in [4.69, 9.17) is 28.1 Å². The van der Waals surface area contributed by atoms with Gasteiger partial charge in [0.05, 0.1) is 13.7 Å². The summed E-state index contributed by atoms with van der Waals surface area (Å²) >= 11 is 0. The molecule has 3 rings (SSSR count). The molecule has 35 heavy (non-hydrogen) atoms. The molecule has 3 aromatic rings. The Morgan fingerprint density at radius 2 is 1.60 bits per heavy atom. The Kier molecular flexibility index (Phi) is 8.27. The van der Waals surface area contributed by atoms with E-state index in [1.165, 1.54) is 27.9 Å². The summed E-state index contributed by atoms with van der Waals surface area (Å²) in [5.74, 6) is -0.0446. The predicted molar refractivity (Wildman–Crippen MR) is 127 cm³/mol. The molecule has 0 bridgehead atoms. The number of ether oxygens (including phenoxy) is 5. The molecule has 9 nitrogen and oxygen atoms in total. The second-order valence-corrected chi connectivity index (χ2v) is 7.50. The highest BCUT2D eigenvalue weighted by molar-refractivity contribution is 5.95. The number of carbonyl (C=O) groups is 3. The fourth-order valence-corrected chi connectivity index (χ4v) is 3.48. The largest absolute Gasteiger partial charge is 0.493 e. The van der Waals surface area contributed by atoms with Crippen LogP contribution in [0.5, 0.6) is 17.2 Å². The molecule has 2 aromatic carbocycles. The number of carbonyl (C=O) groups excluding carboxylic acids is 3. The average molecular weight is 482 g/mol. The summed E-state index contributed by atoms with van der Waals surface area (Å²) in [5, 5.41) is 0.677. The van der Waals surface area contributed by atoms with Gasteiger partial charge in [0.15, 0.2) is 22.8 Å². The van der Waals surface area contributed by atoms with E-state index in [0.29, 0.717) is 39.2 Å². The van der Waals surface area contributed by atoms with E-state index in [0.717, 1.165) is 0 Å². The van der Waals surface area contributed by atoms with Crippen molar-refractivity contribution in [3.05, 3.63) is 47.5 Å². The molecule has 0 saturated heterocycles. The van der Waals surface area contributed by atoms with Crippen LogP contribution in [0.25, 0.3) is 28.4 Å². The molecule has 0 aliphatic carbocycles. The first-order chi connectivity index (χ1) is 16.7. The van der Waals surface area contributed by atoms with E-state index in [9.17, 15) is 14.4 Å². The number of fused-ring (bicyclic) bond motifs is 1. The van der Waals surface area contributed by atoms with E-state index in [2.05, 4.69) is 0 Å². The highest BCUT2D eigenvalue weighted by atomic mass is 16.6. The van der Waals surface area contributed by atoms with Crippen LogP contribution in [-0.2, 0) is 30.5 Å². The molecule has 0 aliphatic rings. The Hall–Kier alpha value is -4.11. The predicted octanol–water partition coefficient (Wildman–Crippen LogP) is 4.68. The molecule has 0 unspecified atom stereocenters. The second-order valence-electron chi connectivity index (χ2n) is 7.50. The Bertz CT molecular complexity index is 1280. The molecular weight excluding hydrogens is 456 g/mol. The lowest BCUT2D eigenvalue weighted by molar-refractivity contribution is -0.139. The van der Waals surface area contributed by atoms with E-state index in [1.807, 2.05) is 6.07 Å². The lowest BCUT2D eigenvalue weighted by Gasteiger charge is -2.10. The van der Waals surface area contributed by atoms with E-state index >= 15 is 0 Å². The van der Waals surface area contributed by atoms with Crippen molar-refractivity contribution in [3.8, 4) is 28.6 Å². The zero-order chi connectivity index (χ0) is 25.5. The van der Waals surface area contributed by atoms with Gasteiger partial charge in [-0.2, -0.15) is 0 Å². The highest BCUT2D eigenvalue weighted by Gasteiger charge is 2.22. The van der Waals surface area contributed by atoms with Crippen molar-refractivity contribution in [2.45, 2.75) is 27.4 Å². The van der Waals surface area contributed by atoms with Crippen molar-refractivity contribution in [2.24, 2.45) is 0 Å². The monoisotopic (exact) mass is 482 g/mol. The number of benzene rings is 2. The van der Waals surface area contributed by atoms with Crippen molar-refractivity contribution >= 4 is 35.0 Å². The van der Waals surface area contributed by atoms with Crippen molar-refractivity contribution in [1.82, 2.24) is 0 Å². The van der Waals surface area contributed by atoms with Crippen LogP contribution in [0.15, 0.2) is 40.8 Å². The summed E-state index contributed by atoms with van der Waals surface area (Å²) in [5.41, 5.74) is 2.42. The fraction of sp³-hybridized carbons (Fsp3) is 0.269. The average Bonchev–Trinajstić information content (AvgIpc) is 3.15. The van der Waals surface area contributed by atoms with Crippen molar-refractivity contribution in [3.63, 3.8) is 0 Å². The number of hydrogen-bond acceptors (Lipinski definition) is 9. The topological polar surface area (TPSA) is 111 Å². The third kappa shape index (κ3) is 6.27. The zero-order valence-corrected chi connectivity index (χ0v) is 20.1. The first kappa shape index (κ1) is 25.5. The highest BCUT2D eigenvalue weighted by Crippen LogP contribution is 2.42. The Morgan fingerprint density at radius 1 is 0.886 bits per heavy atom. The minimum absolute atomic E-state index is 0.103. The Morgan fingerprint density at radius 3 is 2.23 bits per heavy atom. The van der Waals surface area contributed by atoms with Crippen LogP contribution in [-0.4, -0.2) is 38.7 Å². The second kappa shape index (κ2) is 11.3. The zero-order valence-electron chi connectivity index (χ0n) is 20.1. The van der Waals surface area contributed by atoms with Gasteiger partial charge in [0.1, 0.15) is 12.4 Å². The SMILES string of the molecule is COCc1c(-c2ccc(OC(C)=O)c(OC)c2)oc2c(OC(C)=O)cc(/C=C/COC(C)=O)cc12. The number of rotatable bonds is 9. The van der Waals surface area contributed by atoms with Gasteiger partial charge in [-0.1, -0.05) is 6.08 Å². The molecule has 0 saturated carbocycles. The van der Waals surface area contributed by atoms with Crippen molar-refractivity contribution in [1.29, 1.82) is 0 Å². The lowest BCUT2D eigenvalue weighted by atomic mass is 10.0. The van der Waals surface area contributed by atoms with Gasteiger partial charge in [0.2, 0.25) is 0 Å². The molecule has 1 heterocycles. The maximum Gasteiger partial charge on any atom is 0.308 e. The molecule has 9 heteroatoms. The number of hydrogen-bond donors (Lipinski definition) is 0. The molecule has 0 spiro atoms. The molecule has 0 N–H and O–H groups in total. The maximum atomic E-state index is 11.8. The summed E-state index contributed by atoms with van der Waals surface area (Å²) in [7, 11) is 3.02. The summed E-state index contributed by atoms with van der Waals surface area (Å²) < 4.78 is 32.6. The van der Waals surface area contributed by atoms with E-state index in [1.54, 1.807) is 43.5 Å². The molecule has 0 radical (unpaired) electrons. The van der Waals surface area contributed by atoms with Gasteiger partial charge in [-0.25, -0.2) is 0 Å². The van der Waals surface area contributed by atoms with Gasteiger partial charge in [-0.05, 0) is 42.0 Å². The van der Waals surface area contributed by atoms with E-state index < -0.39 is 11.9 Å². The molecule has 0 aliphatic heterocycles. The van der Waals surface area contributed by atoms with Crippen molar-refractivity contribution in [2.75, 3.05) is 20.8 Å². The van der Waals surface area contributed by atoms with Gasteiger partial charge >= 0.3 is 17.9 Å². The Labute approximate surface area is 202 Å². The van der Waals surface area contributed by atoms with Crippen LogP contribution >= 0.6 is 0 Å². The van der Waals surface area contributed by atoms with E-state index in [-0.39, 0.29) is 30.7 Å². The summed E-state index contributed by atoms with van der Waals surface area (Å²) in [6, 6.07) is 8.53. The number of furan rings is 1. The normalized spacial score (nSPS) is 11.0. The van der Waals surface area contributed by atoms with Crippen LogP contribution < -0.4 is 14.2 Å². The van der Waals surface area contributed by atoms with Crippen LogP contribution in [0.2, 0.25) is 0 Å². The van der Waals surface area contributed by atoms with Crippen LogP contribution in [0.1, 0.15) is 31.9 Å². The van der Waals surface area contributed by atoms with Crippen molar-refractivity contribution < 1.29 is 42.5 Å². The van der Waals surface area contributed by atoms with Gasteiger partial charge in [0.25, 0.3) is 0 Å². The standard InChI is InChI=1S/C26H26O9/c1-15(27)32-10-6-7-18-11-20-21(14-30-4)25(35-26(20)24(12-18)34-17(3)29)19-8-9-22(33-16(2)28)23(13-19)31-5/h6-9,11-13H,10,14H2,1-5H3/b7-6+. The first-order valence-corrected chi connectivity index (χ1v) is 10.7. The van der Waals surface area contributed by atoms with Crippen LogP contribution in [0, 0.1) is 0 Å². The van der Waals surface area contributed by atoms with Crippen LogP contribution in [0.3, 0.4) is 0 Å². The van der Waals surface area contributed by atoms with Crippen LogP contribution in [0.4, 0.5) is 0 Å². The summed E-state index contributed by atoms with van der Waals surface area (Å²) in [6.45, 7) is 4.24. The number of methoxy groups -OCH3 is 2. The first-order valence-electron chi connectivity index (χ1n) is 10.7. The fourth-order valence-electron chi connectivity index (χ4n) is 3.48. The van der Waals surface area contributed by atoms with Gasteiger partial charge in [-0.3, -0.25) is 14.4 Å². The minimum Gasteiger partial charge on any atom is -0.493 e. The summed E-state index contributed by atoms with van der Waals surface area (Å²) in [6.07, 6.45) is 3.42. The minimum atomic E-state index is -0.508. The molecule has 0 atom stereocenters. The molecule has 1 aromatic heterocycles. The third-order valence-corrected chi connectivity index (χ3v) is 4.80. The number of esters is 3. The molecular formula is C26H26O9. The van der Waals surface area contributed by atoms with Gasteiger partial charge < -0.3 is 28.1 Å². The lowest BCUT2D eigenvalue weighted by Crippen LogP contribution is -2.03. The van der Waals surface area contributed by atoms with Gasteiger partial charge in [0, 0.05) is 44.4 Å². The maximum absolute atomic E-state index is 11.8. The third-order valence-electron chi connectivity index (χ3n) is 4.80. The molecule has 184 valence electrons. The quantitative estimate of drug-likeness (QED) is 0.317. The molecule has 0 amide bonds.